The van der Waals surface area contributed by atoms with Crippen molar-refractivity contribution in [2.75, 3.05) is 0 Å². The molecule has 4 rings (SSSR count). The maximum atomic E-state index is 10.9. The van der Waals surface area contributed by atoms with Gasteiger partial charge in [0.2, 0.25) is 0 Å². The maximum absolute atomic E-state index is 10.9. The molecule has 1 atom stereocenters. The van der Waals surface area contributed by atoms with Gasteiger partial charge in [-0.1, -0.05) is 12.8 Å². The van der Waals surface area contributed by atoms with Gasteiger partial charge in [0.05, 0.1) is 41.4 Å². The first kappa shape index (κ1) is 15.6. The summed E-state index contributed by atoms with van der Waals surface area (Å²) in [4.78, 5) is 11.3. The number of nitriles is 1. The Labute approximate surface area is 143 Å². The first-order valence-electron chi connectivity index (χ1n) is 8.27. The minimum absolute atomic E-state index is 0.0707. The van der Waals surface area contributed by atoms with Crippen LogP contribution < -0.4 is 0 Å². The van der Waals surface area contributed by atoms with Crippen molar-refractivity contribution in [3.63, 3.8) is 0 Å². The van der Waals surface area contributed by atoms with Crippen molar-refractivity contribution in [2.24, 2.45) is 0 Å². The molecule has 3 aromatic rings. The van der Waals surface area contributed by atoms with Crippen LogP contribution in [0.3, 0.4) is 0 Å². The van der Waals surface area contributed by atoms with Gasteiger partial charge in [-0.3, -0.25) is 4.68 Å². The van der Waals surface area contributed by atoms with E-state index < -0.39 is 11.6 Å². The van der Waals surface area contributed by atoms with Crippen LogP contribution >= 0.6 is 0 Å². The molecule has 1 aliphatic carbocycles. The normalized spacial score (nSPS) is 17.6. The standard InChI is InChI=1S/C17H18N6O2/c18-6-3-13(17(25)4-1-2-5-17)23-9-11(7-22-23)15-14-12(24)8-19-16(14)21-10-20-15/h7-10,13,24-25H,1-5H2,(H,19,20,21). The molecule has 0 spiro atoms. The van der Waals surface area contributed by atoms with Crippen molar-refractivity contribution in [2.45, 2.75) is 43.7 Å². The van der Waals surface area contributed by atoms with Crippen molar-refractivity contribution in [1.82, 2.24) is 24.7 Å². The Hall–Kier alpha value is -2.92. The average Bonchev–Trinajstić information content (AvgIpc) is 3.34. The molecule has 0 aromatic carbocycles. The van der Waals surface area contributed by atoms with E-state index in [4.69, 9.17) is 0 Å². The molecule has 25 heavy (non-hydrogen) atoms. The summed E-state index contributed by atoms with van der Waals surface area (Å²) in [5.41, 5.74) is 0.894. The van der Waals surface area contributed by atoms with E-state index in [2.05, 4.69) is 26.1 Å². The summed E-state index contributed by atoms with van der Waals surface area (Å²) < 4.78 is 1.65. The molecule has 1 aliphatic rings. The molecule has 128 valence electrons. The fourth-order valence-electron chi connectivity index (χ4n) is 3.73. The lowest BCUT2D eigenvalue weighted by Crippen LogP contribution is -2.36. The quantitative estimate of drug-likeness (QED) is 0.670. The van der Waals surface area contributed by atoms with Crippen molar-refractivity contribution in [1.29, 1.82) is 5.26 Å². The van der Waals surface area contributed by atoms with Crippen LogP contribution in [0.4, 0.5) is 0 Å². The van der Waals surface area contributed by atoms with Crippen LogP contribution in [0.15, 0.2) is 24.9 Å². The molecule has 3 N–H and O–H groups in total. The van der Waals surface area contributed by atoms with Crippen LogP contribution in [-0.4, -0.2) is 40.5 Å². The third kappa shape index (κ3) is 2.53. The largest absolute Gasteiger partial charge is 0.506 e. The number of aromatic hydroxyl groups is 1. The van der Waals surface area contributed by atoms with Gasteiger partial charge in [-0.05, 0) is 12.8 Å². The third-order valence-electron chi connectivity index (χ3n) is 5.02. The molecule has 0 radical (unpaired) electrons. The van der Waals surface area contributed by atoms with E-state index in [0.717, 1.165) is 12.8 Å². The number of hydrogen-bond acceptors (Lipinski definition) is 6. The highest BCUT2D eigenvalue weighted by molar-refractivity contribution is 5.95. The van der Waals surface area contributed by atoms with E-state index in [0.29, 0.717) is 35.1 Å². The first-order chi connectivity index (χ1) is 12.1. The average molecular weight is 338 g/mol. The second-order valence-corrected chi connectivity index (χ2v) is 6.52. The van der Waals surface area contributed by atoms with Gasteiger partial charge >= 0.3 is 0 Å². The van der Waals surface area contributed by atoms with Crippen LogP contribution in [0.1, 0.15) is 38.1 Å². The number of aromatic amines is 1. The highest BCUT2D eigenvalue weighted by Gasteiger charge is 2.41. The predicted octanol–water partition coefficient (Wildman–Crippen LogP) is 2.29. The number of aliphatic hydroxyl groups is 1. The lowest BCUT2D eigenvalue weighted by molar-refractivity contribution is -0.00902. The summed E-state index contributed by atoms with van der Waals surface area (Å²) in [5.74, 6) is 0.0707. The summed E-state index contributed by atoms with van der Waals surface area (Å²) in [6, 6.07) is 1.76. The number of hydrogen-bond donors (Lipinski definition) is 3. The zero-order valence-electron chi connectivity index (χ0n) is 13.6. The van der Waals surface area contributed by atoms with E-state index in [1.54, 1.807) is 17.1 Å². The van der Waals surface area contributed by atoms with Crippen molar-refractivity contribution in [3.8, 4) is 23.1 Å². The highest BCUT2D eigenvalue weighted by atomic mass is 16.3. The van der Waals surface area contributed by atoms with E-state index in [1.807, 2.05) is 0 Å². The van der Waals surface area contributed by atoms with E-state index >= 15 is 0 Å². The monoisotopic (exact) mass is 338 g/mol. The topological polar surface area (TPSA) is 124 Å². The molecule has 1 fully saturated rings. The summed E-state index contributed by atoms with van der Waals surface area (Å²) in [6.45, 7) is 0. The van der Waals surface area contributed by atoms with Crippen molar-refractivity contribution < 1.29 is 10.2 Å². The Morgan fingerprint density at radius 2 is 2.16 bits per heavy atom. The lowest BCUT2D eigenvalue weighted by atomic mass is 9.90. The van der Waals surface area contributed by atoms with Gasteiger partial charge in [0, 0.05) is 18.0 Å². The van der Waals surface area contributed by atoms with Crippen LogP contribution in [0, 0.1) is 11.3 Å². The number of fused-ring (bicyclic) bond motifs is 1. The van der Waals surface area contributed by atoms with E-state index in [-0.39, 0.29) is 12.2 Å². The predicted molar refractivity (Wildman–Crippen MR) is 89.5 cm³/mol. The lowest BCUT2D eigenvalue weighted by Gasteiger charge is -2.31. The van der Waals surface area contributed by atoms with Gasteiger partial charge in [-0.15, -0.1) is 0 Å². The number of H-pyrrole nitrogens is 1. The van der Waals surface area contributed by atoms with Crippen molar-refractivity contribution >= 4 is 11.0 Å². The molecule has 0 bridgehead atoms. The fourth-order valence-corrected chi connectivity index (χ4v) is 3.73. The zero-order chi connectivity index (χ0) is 17.4. The first-order valence-corrected chi connectivity index (χ1v) is 8.27. The van der Waals surface area contributed by atoms with Gasteiger partial charge in [-0.2, -0.15) is 10.4 Å². The van der Waals surface area contributed by atoms with E-state index in [9.17, 15) is 15.5 Å². The number of nitrogens with zero attached hydrogens (tertiary/aromatic N) is 5. The molecule has 0 saturated heterocycles. The zero-order valence-corrected chi connectivity index (χ0v) is 13.6. The second-order valence-electron chi connectivity index (χ2n) is 6.52. The van der Waals surface area contributed by atoms with Gasteiger partial charge in [0.15, 0.2) is 0 Å². The highest BCUT2D eigenvalue weighted by Crippen LogP contribution is 2.40. The molecular weight excluding hydrogens is 320 g/mol. The Morgan fingerprint density at radius 3 is 2.92 bits per heavy atom. The number of rotatable bonds is 4. The Morgan fingerprint density at radius 1 is 1.36 bits per heavy atom. The Balaban J connectivity index is 1.76. The smallest absolute Gasteiger partial charge is 0.145 e. The molecule has 8 nitrogen and oxygen atoms in total. The Bertz CT molecular complexity index is 948. The molecule has 1 unspecified atom stereocenters. The summed E-state index contributed by atoms with van der Waals surface area (Å²) >= 11 is 0. The van der Waals surface area contributed by atoms with Crippen LogP contribution in [0.2, 0.25) is 0 Å². The molecule has 1 saturated carbocycles. The molecule has 3 heterocycles. The van der Waals surface area contributed by atoms with Crippen molar-refractivity contribution in [3.05, 3.63) is 24.9 Å². The van der Waals surface area contributed by atoms with Crippen LogP contribution in [0.25, 0.3) is 22.3 Å². The Kier molecular flexibility index (Phi) is 3.66. The fraction of sp³-hybridized carbons (Fsp3) is 0.412. The van der Waals surface area contributed by atoms with Gasteiger partial charge in [0.1, 0.15) is 17.7 Å². The molecule has 8 heteroatoms. The second kappa shape index (κ2) is 5.86. The SMILES string of the molecule is N#CCC(n1cc(-c2ncnc3[nH]cc(O)c23)cn1)C1(O)CCCC1. The maximum Gasteiger partial charge on any atom is 0.145 e. The van der Waals surface area contributed by atoms with Crippen LogP contribution in [-0.2, 0) is 0 Å². The number of nitrogens with one attached hydrogen (secondary N) is 1. The summed E-state index contributed by atoms with van der Waals surface area (Å²) in [6.07, 6.45) is 9.73. The van der Waals surface area contributed by atoms with Gasteiger partial charge in [-0.25, -0.2) is 9.97 Å². The van der Waals surface area contributed by atoms with Gasteiger partial charge in [0.25, 0.3) is 0 Å². The minimum atomic E-state index is -0.907. The number of aromatic nitrogens is 5. The third-order valence-corrected chi connectivity index (χ3v) is 5.02. The molecular formula is C17H18N6O2. The molecule has 0 amide bonds. The molecule has 3 aromatic heterocycles. The molecule has 0 aliphatic heterocycles. The minimum Gasteiger partial charge on any atom is -0.506 e. The summed E-state index contributed by atoms with van der Waals surface area (Å²) in [7, 11) is 0. The summed E-state index contributed by atoms with van der Waals surface area (Å²) in [5, 5.41) is 35.0. The van der Waals surface area contributed by atoms with Gasteiger partial charge < -0.3 is 15.2 Å². The van der Waals surface area contributed by atoms with E-state index in [1.165, 1.54) is 12.5 Å². The van der Waals surface area contributed by atoms with Crippen LogP contribution in [0.5, 0.6) is 5.75 Å².